The summed E-state index contributed by atoms with van der Waals surface area (Å²) in [5.41, 5.74) is 2.19. The van der Waals surface area contributed by atoms with Crippen LogP contribution in [0.3, 0.4) is 0 Å². The highest BCUT2D eigenvalue weighted by atomic mass is 16.5. The van der Waals surface area contributed by atoms with Gasteiger partial charge in [0.1, 0.15) is 12.4 Å². The van der Waals surface area contributed by atoms with Crippen molar-refractivity contribution in [3.05, 3.63) is 29.3 Å². The first-order chi connectivity index (χ1) is 10.5. The van der Waals surface area contributed by atoms with E-state index in [2.05, 4.69) is 33.8 Å². The standard InChI is InChI=1S/C19H29NO2/c1-6-7-8-10-14(2)17-15(11-9-12-16(17)21-5)18-20-19(3,4)13-22-18/h9,11-12,14H,6-8,10,13H2,1-5H3. The Morgan fingerprint density at radius 3 is 2.68 bits per heavy atom. The van der Waals surface area contributed by atoms with Crippen LogP contribution in [0.2, 0.25) is 0 Å². The molecule has 0 aromatic heterocycles. The van der Waals surface area contributed by atoms with Crippen molar-refractivity contribution in [3.63, 3.8) is 0 Å². The molecule has 122 valence electrons. The van der Waals surface area contributed by atoms with E-state index in [4.69, 9.17) is 14.5 Å². The molecule has 0 saturated carbocycles. The smallest absolute Gasteiger partial charge is 0.217 e. The minimum Gasteiger partial charge on any atom is -0.496 e. The molecule has 0 bridgehead atoms. The van der Waals surface area contributed by atoms with Gasteiger partial charge in [-0.05, 0) is 38.3 Å². The van der Waals surface area contributed by atoms with Crippen molar-refractivity contribution < 1.29 is 9.47 Å². The lowest BCUT2D eigenvalue weighted by Crippen LogP contribution is -2.17. The summed E-state index contributed by atoms with van der Waals surface area (Å²) < 4.78 is 11.5. The predicted octanol–water partition coefficient (Wildman–Crippen LogP) is 4.93. The highest BCUT2D eigenvalue weighted by Crippen LogP contribution is 2.35. The zero-order chi connectivity index (χ0) is 16.2. The molecule has 0 fully saturated rings. The van der Waals surface area contributed by atoms with Crippen LogP contribution in [0.4, 0.5) is 0 Å². The first-order valence-electron chi connectivity index (χ1n) is 8.38. The first kappa shape index (κ1) is 16.9. The molecule has 3 heteroatoms. The number of hydrogen-bond donors (Lipinski definition) is 0. The fraction of sp³-hybridized carbons (Fsp3) is 0.632. The molecular formula is C19H29NO2. The first-order valence-corrected chi connectivity index (χ1v) is 8.38. The molecule has 1 aromatic rings. The molecule has 0 spiro atoms. The van der Waals surface area contributed by atoms with Gasteiger partial charge in [-0.1, -0.05) is 39.2 Å². The van der Waals surface area contributed by atoms with Crippen LogP contribution in [-0.2, 0) is 4.74 Å². The second-order valence-corrected chi connectivity index (χ2v) is 6.84. The quantitative estimate of drug-likeness (QED) is 0.668. The maximum absolute atomic E-state index is 5.86. The Hall–Kier alpha value is -1.51. The summed E-state index contributed by atoms with van der Waals surface area (Å²) in [4.78, 5) is 4.74. The molecule has 0 radical (unpaired) electrons. The number of benzene rings is 1. The molecule has 1 aromatic carbocycles. The van der Waals surface area contributed by atoms with Crippen LogP contribution in [0, 0.1) is 0 Å². The Labute approximate surface area is 134 Å². The van der Waals surface area contributed by atoms with E-state index in [0.29, 0.717) is 12.5 Å². The molecule has 1 atom stereocenters. The number of nitrogens with zero attached hydrogens (tertiary/aromatic N) is 1. The highest BCUT2D eigenvalue weighted by molar-refractivity contribution is 5.97. The predicted molar refractivity (Wildman–Crippen MR) is 92.1 cm³/mol. The lowest BCUT2D eigenvalue weighted by molar-refractivity contribution is 0.279. The van der Waals surface area contributed by atoms with E-state index in [1.54, 1.807) is 7.11 Å². The second-order valence-electron chi connectivity index (χ2n) is 6.84. The van der Waals surface area contributed by atoms with Gasteiger partial charge >= 0.3 is 0 Å². The molecule has 1 heterocycles. The zero-order valence-corrected chi connectivity index (χ0v) is 14.6. The maximum atomic E-state index is 5.86. The zero-order valence-electron chi connectivity index (χ0n) is 14.6. The monoisotopic (exact) mass is 303 g/mol. The SMILES string of the molecule is CCCCCC(C)c1c(OC)cccc1C1=NC(C)(C)CO1. The fourth-order valence-corrected chi connectivity index (χ4v) is 2.98. The van der Waals surface area contributed by atoms with Gasteiger partial charge in [0.2, 0.25) is 5.90 Å². The Morgan fingerprint density at radius 2 is 2.09 bits per heavy atom. The molecule has 1 aliphatic rings. The summed E-state index contributed by atoms with van der Waals surface area (Å²) in [6, 6.07) is 6.16. The van der Waals surface area contributed by atoms with Crippen LogP contribution in [0.15, 0.2) is 23.2 Å². The number of aliphatic imine (C=N–C) groups is 1. The fourth-order valence-electron chi connectivity index (χ4n) is 2.98. The van der Waals surface area contributed by atoms with Crippen molar-refractivity contribution in [2.45, 2.75) is 64.8 Å². The maximum Gasteiger partial charge on any atom is 0.217 e. The molecule has 1 unspecified atom stereocenters. The molecule has 1 aliphatic heterocycles. The summed E-state index contributed by atoms with van der Waals surface area (Å²) in [5, 5.41) is 0. The lowest BCUT2D eigenvalue weighted by Gasteiger charge is -2.19. The van der Waals surface area contributed by atoms with Gasteiger partial charge in [-0.3, -0.25) is 0 Å². The molecule has 0 aliphatic carbocycles. The minimum absolute atomic E-state index is 0.138. The third-order valence-electron chi connectivity index (χ3n) is 4.22. The summed E-state index contributed by atoms with van der Waals surface area (Å²) in [6.07, 6.45) is 4.93. The van der Waals surface area contributed by atoms with Gasteiger partial charge in [0, 0.05) is 11.1 Å². The van der Waals surface area contributed by atoms with Gasteiger partial charge < -0.3 is 9.47 Å². The molecule has 22 heavy (non-hydrogen) atoms. The normalized spacial score (nSPS) is 17.8. The van der Waals surface area contributed by atoms with E-state index in [0.717, 1.165) is 23.6 Å². The van der Waals surface area contributed by atoms with E-state index in [1.165, 1.54) is 24.8 Å². The van der Waals surface area contributed by atoms with Gasteiger partial charge in [0.15, 0.2) is 0 Å². The number of hydrogen-bond acceptors (Lipinski definition) is 3. The average Bonchev–Trinajstić information content (AvgIpc) is 2.86. The van der Waals surface area contributed by atoms with Crippen molar-refractivity contribution in [2.24, 2.45) is 4.99 Å². The van der Waals surface area contributed by atoms with Gasteiger partial charge in [-0.25, -0.2) is 4.99 Å². The summed E-state index contributed by atoms with van der Waals surface area (Å²) in [6.45, 7) is 9.36. The molecule has 0 saturated heterocycles. The number of methoxy groups -OCH3 is 1. The lowest BCUT2D eigenvalue weighted by atomic mass is 9.90. The summed E-state index contributed by atoms with van der Waals surface area (Å²) >= 11 is 0. The Kier molecular flexibility index (Phi) is 5.49. The van der Waals surface area contributed by atoms with Gasteiger partial charge in [-0.2, -0.15) is 0 Å². The van der Waals surface area contributed by atoms with Crippen LogP contribution in [0.5, 0.6) is 5.75 Å². The molecule has 3 nitrogen and oxygen atoms in total. The number of rotatable bonds is 7. The van der Waals surface area contributed by atoms with Crippen molar-refractivity contribution in [1.82, 2.24) is 0 Å². The Bertz CT molecular complexity index is 534. The van der Waals surface area contributed by atoms with Crippen LogP contribution in [-0.4, -0.2) is 25.2 Å². The van der Waals surface area contributed by atoms with Crippen LogP contribution < -0.4 is 4.74 Å². The molecule has 0 amide bonds. The van der Waals surface area contributed by atoms with E-state index in [-0.39, 0.29) is 5.54 Å². The van der Waals surface area contributed by atoms with E-state index in [9.17, 15) is 0 Å². The summed E-state index contributed by atoms with van der Waals surface area (Å²) in [5.74, 6) is 2.14. The van der Waals surface area contributed by atoms with Crippen LogP contribution in [0.1, 0.15) is 70.4 Å². The van der Waals surface area contributed by atoms with Crippen LogP contribution in [0.25, 0.3) is 0 Å². The van der Waals surface area contributed by atoms with Gasteiger partial charge in [0.05, 0.1) is 12.6 Å². The van der Waals surface area contributed by atoms with Gasteiger partial charge in [0.25, 0.3) is 0 Å². The summed E-state index contributed by atoms with van der Waals surface area (Å²) in [7, 11) is 1.74. The van der Waals surface area contributed by atoms with Gasteiger partial charge in [-0.15, -0.1) is 0 Å². The van der Waals surface area contributed by atoms with Crippen LogP contribution >= 0.6 is 0 Å². The Morgan fingerprint density at radius 1 is 1.32 bits per heavy atom. The van der Waals surface area contributed by atoms with Crippen molar-refractivity contribution >= 4 is 5.90 Å². The topological polar surface area (TPSA) is 30.8 Å². The number of unbranched alkanes of at least 4 members (excludes halogenated alkanes) is 2. The third kappa shape index (κ3) is 3.82. The highest BCUT2D eigenvalue weighted by Gasteiger charge is 2.29. The molecular weight excluding hydrogens is 274 g/mol. The average molecular weight is 303 g/mol. The second kappa shape index (κ2) is 7.17. The van der Waals surface area contributed by atoms with E-state index in [1.807, 2.05) is 12.1 Å². The van der Waals surface area contributed by atoms with Crippen molar-refractivity contribution in [1.29, 1.82) is 0 Å². The van der Waals surface area contributed by atoms with Crippen molar-refractivity contribution in [2.75, 3.05) is 13.7 Å². The van der Waals surface area contributed by atoms with Crippen molar-refractivity contribution in [3.8, 4) is 5.75 Å². The molecule has 0 N–H and O–H groups in total. The Balaban J connectivity index is 2.34. The number of ether oxygens (including phenoxy) is 2. The minimum atomic E-state index is -0.138. The van der Waals surface area contributed by atoms with E-state index < -0.39 is 0 Å². The molecule has 2 rings (SSSR count). The largest absolute Gasteiger partial charge is 0.496 e. The third-order valence-corrected chi connectivity index (χ3v) is 4.22. The van der Waals surface area contributed by atoms with E-state index >= 15 is 0 Å².